The van der Waals surface area contributed by atoms with Crippen LogP contribution in [0.5, 0.6) is 0 Å². The van der Waals surface area contributed by atoms with Crippen molar-refractivity contribution < 1.29 is 9.53 Å². The highest BCUT2D eigenvalue weighted by molar-refractivity contribution is 5.96. The smallest absolute Gasteiger partial charge is 0.340 e. The van der Waals surface area contributed by atoms with E-state index < -0.39 is 5.97 Å². The van der Waals surface area contributed by atoms with Gasteiger partial charge in [0.05, 0.1) is 23.6 Å². The van der Waals surface area contributed by atoms with E-state index in [-0.39, 0.29) is 6.61 Å². The number of aromatic nitrogens is 4. The van der Waals surface area contributed by atoms with E-state index in [4.69, 9.17) is 4.74 Å². The van der Waals surface area contributed by atoms with Gasteiger partial charge in [-0.2, -0.15) is 0 Å². The third-order valence-corrected chi connectivity index (χ3v) is 3.57. The van der Waals surface area contributed by atoms with Gasteiger partial charge >= 0.3 is 5.97 Å². The minimum absolute atomic E-state index is 0.278. The van der Waals surface area contributed by atoms with Crippen molar-refractivity contribution in [1.82, 2.24) is 20.2 Å². The molecular formula is C19H18N4O2. The molecule has 0 saturated heterocycles. The molecular weight excluding hydrogens is 316 g/mol. The van der Waals surface area contributed by atoms with Gasteiger partial charge in [0.25, 0.3) is 0 Å². The first-order valence-corrected chi connectivity index (χ1v) is 8.01. The number of pyridine rings is 2. The van der Waals surface area contributed by atoms with Crippen molar-refractivity contribution in [3.05, 3.63) is 59.4 Å². The third kappa shape index (κ3) is 3.68. The third-order valence-electron chi connectivity index (χ3n) is 3.57. The maximum atomic E-state index is 12.4. The maximum Gasteiger partial charge on any atom is 0.340 e. The zero-order chi connectivity index (χ0) is 17.8. The highest BCUT2D eigenvalue weighted by atomic mass is 16.5. The van der Waals surface area contributed by atoms with Crippen LogP contribution in [0.15, 0.2) is 42.5 Å². The Morgan fingerprint density at radius 2 is 1.56 bits per heavy atom. The van der Waals surface area contributed by atoms with E-state index in [2.05, 4.69) is 20.2 Å². The molecule has 0 aliphatic heterocycles. The normalized spacial score (nSPS) is 10.5. The van der Waals surface area contributed by atoms with Crippen molar-refractivity contribution in [2.24, 2.45) is 0 Å². The Balaban J connectivity index is 2.14. The van der Waals surface area contributed by atoms with Crippen LogP contribution in [0, 0.1) is 13.8 Å². The molecule has 126 valence electrons. The molecule has 0 radical (unpaired) electrons. The summed E-state index contributed by atoms with van der Waals surface area (Å²) in [6, 6.07) is 12.8. The molecule has 0 aliphatic rings. The first kappa shape index (κ1) is 16.7. The largest absolute Gasteiger partial charge is 0.462 e. The summed E-state index contributed by atoms with van der Waals surface area (Å²) < 4.78 is 5.18. The highest BCUT2D eigenvalue weighted by Gasteiger charge is 2.19. The molecule has 0 unspecified atom stereocenters. The Bertz CT molecular complexity index is 925. The average Bonchev–Trinajstić information content (AvgIpc) is 2.61. The molecule has 0 N–H and O–H groups in total. The van der Waals surface area contributed by atoms with Gasteiger partial charge in [0.2, 0.25) is 0 Å². The molecule has 3 rings (SSSR count). The lowest BCUT2D eigenvalue weighted by molar-refractivity contribution is 0.0526. The van der Waals surface area contributed by atoms with E-state index in [0.717, 1.165) is 11.4 Å². The second kappa shape index (κ2) is 7.17. The van der Waals surface area contributed by atoms with E-state index in [1.165, 1.54) is 0 Å². The van der Waals surface area contributed by atoms with E-state index in [1.807, 2.05) is 44.2 Å². The molecule has 6 heteroatoms. The first-order chi connectivity index (χ1) is 12.1. The Kier molecular flexibility index (Phi) is 4.79. The summed E-state index contributed by atoms with van der Waals surface area (Å²) in [6.07, 6.45) is 0. The topological polar surface area (TPSA) is 77.9 Å². The van der Waals surface area contributed by atoms with Crippen LogP contribution >= 0.6 is 0 Å². The fourth-order valence-corrected chi connectivity index (χ4v) is 2.43. The molecule has 25 heavy (non-hydrogen) atoms. The van der Waals surface area contributed by atoms with Gasteiger partial charge in [0.15, 0.2) is 0 Å². The van der Waals surface area contributed by atoms with Crippen molar-refractivity contribution in [2.75, 3.05) is 6.61 Å². The molecule has 3 heterocycles. The lowest BCUT2D eigenvalue weighted by Crippen LogP contribution is -2.10. The predicted molar refractivity (Wildman–Crippen MR) is 93.9 cm³/mol. The SMILES string of the molecule is CCOC(=O)c1cc(-c2cccc(C)n2)nnc1-c1cccc(C)n1. The second-order valence-electron chi connectivity index (χ2n) is 5.54. The standard InChI is InChI=1S/C19H18N4O2/c1-4-25-19(24)14-11-17(15-9-5-7-12(2)20-15)22-23-18(14)16-10-6-8-13(3)21-16/h5-11H,4H2,1-3H3. The number of nitrogens with zero attached hydrogens (tertiary/aromatic N) is 4. The maximum absolute atomic E-state index is 12.4. The zero-order valence-corrected chi connectivity index (χ0v) is 14.4. The second-order valence-corrected chi connectivity index (χ2v) is 5.54. The van der Waals surface area contributed by atoms with Crippen LogP contribution in [0.2, 0.25) is 0 Å². The van der Waals surface area contributed by atoms with Crippen LogP contribution < -0.4 is 0 Å². The molecule has 6 nitrogen and oxygen atoms in total. The van der Waals surface area contributed by atoms with Crippen molar-refractivity contribution in [3.63, 3.8) is 0 Å². The van der Waals surface area contributed by atoms with Crippen LogP contribution in [-0.4, -0.2) is 32.7 Å². The molecule has 0 atom stereocenters. The zero-order valence-electron chi connectivity index (χ0n) is 14.4. The van der Waals surface area contributed by atoms with Crippen molar-refractivity contribution in [1.29, 1.82) is 0 Å². The number of hydrogen-bond acceptors (Lipinski definition) is 6. The Morgan fingerprint density at radius 3 is 2.20 bits per heavy atom. The van der Waals surface area contributed by atoms with Crippen LogP contribution in [0.3, 0.4) is 0 Å². The van der Waals surface area contributed by atoms with E-state index >= 15 is 0 Å². The summed E-state index contributed by atoms with van der Waals surface area (Å²) in [5.41, 5.74) is 4.18. The molecule has 0 aliphatic carbocycles. The fraction of sp³-hybridized carbons (Fsp3) is 0.211. The van der Waals surface area contributed by atoms with Crippen LogP contribution in [0.25, 0.3) is 22.8 Å². The Morgan fingerprint density at radius 1 is 0.920 bits per heavy atom. The van der Waals surface area contributed by atoms with Crippen molar-refractivity contribution >= 4 is 5.97 Å². The lowest BCUT2D eigenvalue weighted by atomic mass is 10.1. The van der Waals surface area contributed by atoms with E-state index in [1.54, 1.807) is 19.1 Å². The number of rotatable bonds is 4. The number of hydrogen-bond donors (Lipinski definition) is 0. The minimum atomic E-state index is -0.454. The van der Waals surface area contributed by atoms with Gasteiger partial charge in [-0.3, -0.25) is 9.97 Å². The molecule has 0 amide bonds. The molecule has 0 bridgehead atoms. The Labute approximate surface area is 145 Å². The highest BCUT2D eigenvalue weighted by Crippen LogP contribution is 2.24. The van der Waals surface area contributed by atoms with Crippen molar-refractivity contribution in [3.8, 4) is 22.8 Å². The Hall–Kier alpha value is -3.15. The summed E-state index contributed by atoms with van der Waals surface area (Å²) in [4.78, 5) is 21.3. The molecule has 0 saturated carbocycles. The van der Waals surface area contributed by atoms with Gasteiger partial charge in [-0.1, -0.05) is 12.1 Å². The molecule has 3 aromatic rings. The predicted octanol–water partition coefficient (Wildman–Crippen LogP) is 3.39. The minimum Gasteiger partial charge on any atom is -0.462 e. The molecule has 3 aromatic heterocycles. The number of carbonyl (C=O) groups is 1. The fourth-order valence-electron chi connectivity index (χ4n) is 2.43. The summed E-state index contributed by atoms with van der Waals surface area (Å²) in [6.45, 7) is 5.82. The van der Waals surface area contributed by atoms with Gasteiger partial charge in [-0.25, -0.2) is 4.79 Å². The number of ether oxygens (including phenoxy) is 1. The van der Waals surface area contributed by atoms with Crippen LogP contribution in [-0.2, 0) is 4.74 Å². The van der Waals surface area contributed by atoms with E-state index in [9.17, 15) is 4.79 Å². The molecule has 0 spiro atoms. The van der Waals surface area contributed by atoms with Gasteiger partial charge in [0, 0.05) is 11.4 Å². The summed E-state index contributed by atoms with van der Waals surface area (Å²) >= 11 is 0. The monoisotopic (exact) mass is 334 g/mol. The quantitative estimate of drug-likeness (QED) is 0.681. The lowest BCUT2D eigenvalue weighted by Gasteiger charge is -2.09. The molecule has 0 fully saturated rings. The van der Waals surface area contributed by atoms with Gasteiger partial charge in [-0.15, -0.1) is 10.2 Å². The average molecular weight is 334 g/mol. The van der Waals surface area contributed by atoms with Crippen molar-refractivity contribution in [2.45, 2.75) is 20.8 Å². The number of esters is 1. The van der Waals surface area contributed by atoms with Crippen LogP contribution in [0.4, 0.5) is 0 Å². The summed E-state index contributed by atoms with van der Waals surface area (Å²) in [5.74, 6) is -0.454. The number of carbonyl (C=O) groups excluding carboxylic acids is 1. The van der Waals surface area contributed by atoms with Gasteiger partial charge < -0.3 is 4.74 Å². The van der Waals surface area contributed by atoms with Crippen LogP contribution in [0.1, 0.15) is 28.7 Å². The number of aryl methyl sites for hydroxylation is 2. The summed E-state index contributed by atoms with van der Waals surface area (Å²) in [7, 11) is 0. The first-order valence-electron chi connectivity index (χ1n) is 8.01. The summed E-state index contributed by atoms with van der Waals surface area (Å²) in [5, 5.41) is 8.49. The molecule has 0 aromatic carbocycles. The van der Waals surface area contributed by atoms with Gasteiger partial charge in [0.1, 0.15) is 11.4 Å². The van der Waals surface area contributed by atoms with E-state index in [0.29, 0.717) is 28.3 Å². The van der Waals surface area contributed by atoms with Gasteiger partial charge in [-0.05, 0) is 51.1 Å².